The minimum Gasteiger partial charge on any atom is -0.379 e. The summed E-state index contributed by atoms with van der Waals surface area (Å²) in [5.41, 5.74) is 3.29. The number of carbonyl (C=O) groups is 1. The van der Waals surface area contributed by atoms with Crippen LogP contribution >= 0.6 is 34.8 Å². The van der Waals surface area contributed by atoms with Crippen LogP contribution in [0.15, 0.2) is 42.5 Å². The molecule has 4 fully saturated rings. The molecule has 1 amide bonds. The Bertz CT molecular complexity index is 1360. The van der Waals surface area contributed by atoms with E-state index in [2.05, 4.69) is 10.4 Å². The lowest BCUT2D eigenvalue weighted by atomic mass is 9.52. The number of hydrogen-bond acceptors (Lipinski definition) is 4. The van der Waals surface area contributed by atoms with Crippen LogP contribution in [0.3, 0.4) is 0 Å². The molecule has 4 aliphatic carbocycles. The van der Waals surface area contributed by atoms with Crippen molar-refractivity contribution in [2.45, 2.75) is 39.0 Å². The van der Waals surface area contributed by atoms with E-state index in [1.807, 2.05) is 19.1 Å². The van der Waals surface area contributed by atoms with Crippen molar-refractivity contribution in [3.8, 4) is 16.9 Å². The molecule has 41 heavy (non-hydrogen) atoms. The van der Waals surface area contributed by atoms with Crippen LogP contribution in [0.1, 0.15) is 48.2 Å². The van der Waals surface area contributed by atoms with E-state index in [0.717, 1.165) is 53.0 Å². The molecule has 0 atom stereocenters. The Morgan fingerprint density at radius 2 is 1.56 bits per heavy atom. The van der Waals surface area contributed by atoms with E-state index in [1.165, 1.54) is 32.1 Å². The summed E-state index contributed by atoms with van der Waals surface area (Å²) in [5.74, 6) is 4.21. The Morgan fingerprint density at radius 3 is 2.24 bits per heavy atom. The number of hydrogen-bond donors (Lipinski definition) is 1. The Hall–Kier alpha value is -2.09. The van der Waals surface area contributed by atoms with Crippen molar-refractivity contribution >= 4 is 40.7 Å². The Kier molecular flexibility index (Phi) is 8.94. The SMILES string of the molecule is Cc1c(C(=O)NCCOCCOCC2[C@H]3C[C@@H]4C[C@@H](C[C@H]2C4)C3)nn(-c2ccc(Cl)cc2Cl)c1-c1ccc(Cl)cc1. The topological polar surface area (TPSA) is 65.4 Å². The largest absolute Gasteiger partial charge is 0.379 e. The van der Waals surface area contributed by atoms with E-state index >= 15 is 0 Å². The molecule has 4 bridgehead atoms. The molecule has 9 heteroatoms. The van der Waals surface area contributed by atoms with Gasteiger partial charge in [0.05, 0.1) is 42.8 Å². The van der Waals surface area contributed by atoms with Gasteiger partial charge in [-0.3, -0.25) is 4.79 Å². The molecule has 6 nitrogen and oxygen atoms in total. The molecule has 1 aromatic heterocycles. The first-order valence-corrected chi connectivity index (χ1v) is 15.8. The number of carbonyl (C=O) groups excluding carboxylic acids is 1. The summed E-state index contributed by atoms with van der Waals surface area (Å²) in [5, 5.41) is 9.18. The molecule has 4 saturated carbocycles. The number of ether oxygens (including phenoxy) is 2. The second kappa shape index (κ2) is 12.6. The molecular weight excluding hydrogens is 581 g/mol. The first-order valence-electron chi connectivity index (χ1n) is 14.6. The molecule has 1 heterocycles. The summed E-state index contributed by atoms with van der Waals surface area (Å²) in [7, 11) is 0. The van der Waals surface area contributed by atoms with E-state index in [1.54, 1.807) is 35.0 Å². The van der Waals surface area contributed by atoms with Crippen LogP contribution in [0.2, 0.25) is 15.1 Å². The molecule has 4 aliphatic rings. The van der Waals surface area contributed by atoms with Crippen molar-refractivity contribution in [3.05, 3.63) is 68.8 Å². The molecule has 3 aromatic rings. The van der Waals surface area contributed by atoms with Crippen LogP contribution < -0.4 is 5.32 Å². The number of nitrogens with zero attached hydrogens (tertiary/aromatic N) is 2. The van der Waals surface area contributed by atoms with Crippen LogP contribution in [-0.2, 0) is 9.47 Å². The van der Waals surface area contributed by atoms with Crippen molar-refractivity contribution < 1.29 is 14.3 Å². The second-order valence-corrected chi connectivity index (χ2v) is 13.2. The maximum Gasteiger partial charge on any atom is 0.272 e. The first kappa shape index (κ1) is 29.0. The average Bonchev–Trinajstić information content (AvgIpc) is 3.28. The molecule has 218 valence electrons. The van der Waals surface area contributed by atoms with Crippen molar-refractivity contribution in [1.29, 1.82) is 0 Å². The predicted molar refractivity (Wildman–Crippen MR) is 163 cm³/mol. The fourth-order valence-electron chi connectivity index (χ4n) is 7.56. The van der Waals surface area contributed by atoms with Gasteiger partial charge < -0.3 is 14.8 Å². The van der Waals surface area contributed by atoms with Gasteiger partial charge in [-0.05, 0) is 98.9 Å². The summed E-state index contributed by atoms with van der Waals surface area (Å²) < 4.78 is 13.5. The van der Waals surface area contributed by atoms with Gasteiger partial charge in [-0.15, -0.1) is 0 Å². The minimum absolute atomic E-state index is 0.275. The molecule has 0 aliphatic heterocycles. The van der Waals surface area contributed by atoms with E-state index in [9.17, 15) is 4.79 Å². The van der Waals surface area contributed by atoms with Crippen LogP contribution in [0.4, 0.5) is 0 Å². The Morgan fingerprint density at radius 1 is 0.902 bits per heavy atom. The third kappa shape index (κ3) is 6.33. The third-order valence-electron chi connectivity index (χ3n) is 9.23. The van der Waals surface area contributed by atoms with Gasteiger partial charge in [0.25, 0.3) is 5.91 Å². The minimum atomic E-state index is -0.275. The highest BCUT2D eigenvalue weighted by Crippen LogP contribution is 2.56. The normalized spacial score (nSPS) is 24.6. The fourth-order valence-corrected chi connectivity index (χ4v) is 8.17. The van der Waals surface area contributed by atoms with Gasteiger partial charge in [0.15, 0.2) is 5.69 Å². The maximum atomic E-state index is 13.2. The summed E-state index contributed by atoms with van der Waals surface area (Å²) in [6.45, 7) is 4.63. The number of amides is 1. The predicted octanol–water partition coefficient (Wildman–Crippen LogP) is 7.64. The molecular formula is C32H36Cl3N3O3. The lowest BCUT2D eigenvalue weighted by molar-refractivity contribution is -0.0768. The molecule has 1 N–H and O–H groups in total. The smallest absolute Gasteiger partial charge is 0.272 e. The van der Waals surface area contributed by atoms with Crippen molar-refractivity contribution in [2.75, 3.05) is 33.0 Å². The molecule has 7 rings (SSSR count). The van der Waals surface area contributed by atoms with Crippen molar-refractivity contribution in [2.24, 2.45) is 29.6 Å². The van der Waals surface area contributed by atoms with Crippen LogP contribution in [-0.4, -0.2) is 48.7 Å². The summed E-state index contributed by atoms with van der Waals surface area (Å²) in [6, 6.07) is 12.6. The van der Waals surface area contributed by atoms with Crippen LogP contribution in [0.5, 0.6) is 0 Å². The highest BCUT2D eigenvalue weighted by atomic mass is 35.5. The number of halogens is 3. The zero-order chi connectivity index (χ0) is 28.5. The molecule has 0 saturated heterocycles. The Balaban J connectivity index is 1.02. The van der Waals surface area contributed by atoms with Crippen molar-refractivity contribution in [1.82, 2.24) is 15.1 Å². The third-order valence-corrected chi connectivity index (χ3v) is 10.0. The van der Waals surface area contributed by atoms with E-state index < -0.39 is 0 Å². The lowest BCUT2D eigenvalue weighted by Gasteiger charge is -2.54. The molecule has 2 aromatic carbocycles. The number of nitrogens with one attached hydrogen (secondary N) is 1. The highest BCUT2D eigenvalue weighted by Gasteiger charge is 2.48. The van der Waals surface area contributed by atoms with Gasteiger partial charge >= 0.3 is 0 Å². The molecule has 0 spiro atoms. The first-order chi connectivity index (χ1) is 19.9. The summed E-state index contributed by atoms with van der Waals surface area (Å²) >= 11 is 18.8. The number of rotatable bonds is 11. The van der Waals surface area contributed by atoms with Gasteiger partial charge in [0, 0.05) is 27.7 Å². The molecule has 0 radical (unpaired) electrons. The van der Waals surface area contributed by atoms with E-state index in [4.69, 9.17) is 44.3 Å². The zero-order valence-corrected chi connectivity index (χ0v) is 25.5. The van der Waals surface area contributed by atoms with Crippen molar-refractivity contribution in [3.63, 3.8) is 0 Å². The standard InChI is InChI=1S/C32H36Cl3N3O3/c1-19-30(37-38(29-7-6-26(34)17-28(29)35)31(19)22-2-4-25(33)5-3-22)32(39)36-8-9-40-10-11-41-18-27-23-13-20-12-21(15-23)16-24(27)14-20/h2-7,17,20-21,23-24,27H,8-16,18H2,1H3,(H,36,39)/t20-,21+,23-,24+,27?. The second-order valence-electron chi connectivity index (χ2n) is 11.9. The number of aromatic nitrogens is 2. The van der Waals surface area contributed by atoms with Gasteiger partial charge in [-0.1, -0.05) is 46.9 Å². The van der Waals surface area contributed by atoms with E-state index in [-0.39, 0.29) is 5.91 Å². The average molecular weight is 617 g/mol. The maximum absolute atomic E-state index is 13.2. The number of benzene rings is 2. The fraction of sp³-hybridized carbons (Fsp3) is 0.500. The van der Waals surface area contributed by atoms with Crippen LogP contribution in [0.25, 0.3) is 16.9 Å². The Labute approximate surface area is 256 Å². The zero-order valence-electron chi connectivity index (χ0n) is 23.3. The van der Waals surface area contributed by atoms with Crippen LogP contribution in [0, 0.1) is 36.5 Å². The van der Waals surface area contributed by atoms with E-state index in [0.29, 0.717) is 52.8 Å². The quantitative estimate of drug-likeness (QED) is 0.225. The lowest BCUT2D eigenvalue weighted by Crippen LogP contribution is -2.46. The monoisotopic (exact) mass is 615 g/mol. The molecule has 0 unspecified atom stereocenters. The van der Waals surface area contributed by atoms with Gasteiger partial charge in [-0.25, -0.2) is 4.68 Å². The van der Waals surface area contributed by atoms with Gasteiger partial charge in [0.2, 0.25) is 0 Å². The van der Waals surface area contributed by atoms with Gasteiger partial charge in [0.1, 0.15) is 0 Å². The highest BCUT2D eigenvalue weighted by molar-refractivity contribution is 6.35. The summed E-state index contributed by atoms with van der Waals surface area (Å²) in [4.78, 5) is 13.2. The van der Waals surface area contributed by atoms with Gasteiger partial charge in [-0.2, -0.15) is 5.10 Å². The summed E-state index contributed by atoms with van der Waals surface area (Å²) in [6.07, 6.45) is 7.16.